The topological polar surface area (TPSA) is 100 Å². The van der Waals surface area contributed by atoms with E-state index in [1.54, 1.807) is 72.8 Å². The Balaban J connectivity index is 1.71. The SMILES string of the molecule is COc1ccccc1NC(=O)COc1ccccc1/C=C(/C#N)C(=O)Nc1cccc(Cl)c1. The zero-order valence-corrected chi connectivity index (χ0v) is 18.4. The number of halogens is 1. The highest BCUT2D eigenvalue weighted by Gasteiger charge is 2.13. The summed E-state index contributed by atoms with van der Waals surface area (Å²) in [5, 5.41) is 15.3. The van der Waals surface area contributed by atoms with E-state index in [4.69, 9.17) is 21.1 Å². The van der Waals surface area contributed by atoms with Crippen molar-refractivity contribution in [1.29, 1.82) is 5.26 Å². The fraction of sp³-hybridized carbons (Fsp3) is 0.0800. The van der Waals surface area contributed by atoms with Gasteiger partial charge in [0, 0.05) is 16.3 Å². The minimum atomic E-state index is -0.594. The van der Waals surface area contributed by atoms with Crippen molar-refractivity contribution in [3.05, 3.63) is 89.0 Å². The van der Waals surface area contributed by atoms with Crippen LogP contribution in [0, 0.1) is 11.3 Å². The van der Waals surface area contributed by atoms with Gasteiger partial charge in [-0.15, -0.1) is 0 Å². The number of nitriles is 1. The number of benzene rings is 3. The molecule has 8 heteroatoms. The Kier molecular flexibility index (Phi) is 8.06. The molecule has 166 valence electrons. The third-order valence-electron chi connectivity index (χ3n) is 4.41. The Morgan fingerprint density at radius 3 is 2.45 bits per heavy atom. The average Bonchev–Trinajstić information content (AvgIpc) is 2.82. The fourth-order valence-corrected chi connectivity index (χ4v) is 3.07. The number of carbonyl (C=O) groups excluding carboxylic acids is 2. The van der Waals surface area contributed by atoms with Crippen LogP contribution in [0.2, 0.25) is 5.02 Å². The molecular formula is C25H20ClN3O4. The standard InChI is InChI=1S/C25H20ClN3O4/c1-32-23-12-5-3-10-21(23)29-24(30)16-33-22-11-4-2-7-17(22)13-18(15-27)25(31)28-20-9-6-8-19(26)14-20/h2-14H,16H2,1H3,(H,28,31)(H,29,30)/b18-13-. The summed E-state index contributed by atoms with van der Waals surface area (Å²) in [6.45, 7) is -0.278. The molecule has 0 aliphatic carbocycles. The van der Waals surface area contributed by atoms with Crippen LogP contribution in [0.4, 0.5) is 11.4 Å². The van der Waals surface area contributed by atoms with Crippen molar-refractivity contribution in [2.75, 3.05) is 24.4 Å². The number of carbonyl (C=O) groups is 2. The molecule has 0 radical (unpaired) electrons. The van der Waals surface area contributed by atoms with E-state index >= 15 is 0 Å². The van der Waals surface area contributed by atoms with Gasteiger partial charge in [-0.3, -0.25) is 9.59 Å². The van der Waals surface area contributed by atoms with Crippen molar-refractivity contribution in [3.63, 3.8) is 0 Å². The lowest BCUT2D eigenvalue weighted by Gasteiger charge is -2.12. The number of hydrogen-bond acceptors (Lipinski definition) is 5. The molecule has 0 atom stereocenters. The second-order valence-electron chi connectivity index (χ2n) is 6.71. The van der Waals surface area contributed by atoms with Gasteiger partial charge in [-0.25, -0.2) is 0 Å². The summed E-state index contributed by atoms with van der Waals surface area (Å²) in [7, 11) is 1.51. The molecule has 2 amide bonds. The highest BCUT2D eigenvalue weighted by atomic mass is 35.5. The molecule has 33 heavy (non-hydrogen) atoms. The van der Waals surface area contributed by atoms with Crippen molar-refractivity contribution in [1.82, 2.24) is 0 Å². The van der Waals surface area contributed by atoms with Gasteiger partial charge in [0.25, 0.3) is 11.8 Å². The van der Waals surface area contributed by atoms with Gasteiger partial charge in [-0.05, 0) is 42.5 Å². The number of anilines is 2. The first-order valence-corrected chi connectivity index (χ1v) is 10.2. The molecule has 0 saturated heterocycles. The van der Waals surface area contributed by atoms with Gasteiger partial charge in [0.05, 0.1) is 12.8 Å². The number of para-hydroxylation sites is 3. The van der Waals surface area contributed by atoms with Crippen LogP contribution in [0.5, 0.6) is 11.5 Å². The Hall–Kier alpha value is -4.28. The van der Waals surface area contributed by atoms with Crippen molar-refractivity contribution < 1.29 is 19.1 Å². The maximum Gasteiger partial charge on any atom is 0.266 e. The van der Waals surface area contributed by atoms with Gasteiger partial charge in [-0.1, -0.05) is 48.0 Å². The van der Waals surface area contributed by atoms with E-state index in [0.29, 0.717) is 33.5 Å². The number of nitrogens with zero attached hydrogens (tertiary/aromatic N) is 1. The molecule has 3 aromatic carbocycles. The second-order valence-corrected chi connectivity index (χ2v) is 7.15. The summed E-state index contributed by atoms with van der Waals surface area (Å²) in [5.41, 5.74) is 1.32. The van der Waals surface area contributed by atoms with Crippen molar-refractivity contribution in [3.8, 4) is 17.6 Å². The normalized spacial score (nSPS) is 10.6. The summed E-state index contributed by atoms with van der Waals surface area (Å²) in [4.78, 5) is 24.9. The predicted molar refractivity (Wildman–Crippen MR) is 127 cm³/mol. The molecule has 0 saturated carbocycles. The van der Waals surface area contributed by atoms with Crippen LogP contribution < -0.4 is 20.1 Å². The molecule has 0 aliphatic rings. The minimum absolute atomic E-state index is 0.135. The summed E-state index contributed by atoms with van der Waals surface area (Å²) in [6.07, 6.45) is 1.40. The van der Waals surface area contributed by atoms with Gasteiger partial charge in [0.1, 0.15) is 23.1 Å². The van der Waals surface area contributed by atoms with Gasteiger partial charge >= 0.3 is 0 Å². The molecule has 0 heterocycles. The van der Waals surface area contributed by atoms with Gasteiger partial charge < -0.3 is 20.1 Å². The van der Waals surface area contributed by atoms with Crippen LogP contribution in [0.1, 0.15) is 5.56 Å². The third-order valence-corrected chi connectivity index (χ3v) is 4.64. The van der Waals surface area contributed by atoms with E-state index in [2.05, 4.69) is 10.6 Å². The van der Waals surface area contributed by atoms with Crippen LogP contribution in [0.3, 0.4) is 0 Å². The zero-order valence-electron chi connectivity index (χ0n) is 17.7. The monoisotopic (exact) mass is 461 g/mol. The molecule has 0 fully saturated rings. The van der Waals surface area contributed by atoms with E-state index in [-0.39, 0.29) is 12.2 Å². The van der Waals surface area contributed by atoms with E-state index in [1.807, 2.05) is 6.07 Å². The molecule has 2 N–H and O–H groups in total. The largest absolute Gasteiger partial charge is 0.495 e. The minimum Gasteiger partial charge on any atom is -0.495 e. The van der Waals surface area contributed by atoms with E-state index in [1.165, 1.54) is 13.2 Å². The van der Waals surface area contributed by atoms with Crippen LogP contribution in [-0.4, -0.2) is 25.5 Å². The highest BCUT2D eigenvalue weighted by Crippen LogP contribution is 2.24. The van der Waals surface area contributed by atoms with Crippen molar-refractivity contribution in [2.24, 2.45) is 0 Å². The zero-order chi connectivity index (χ0) is 23.6. The van der Waals surface area contributed by atoms with Crippen LogP contribution in [0.25, 0.3) is 6.08 Å². The number of methoxy groups -OCH3 is 1. The lowest BCUT2D eigenvalue weighted by Crippen LogP contribution is -2.20. The first-order valence-electron chi connectivity index (χ1n) is 9.83. The average molecular weight is 462 g/mol. The number of hydrogen-bond donors (Lipinski definition) is 2. The maximum absolute atomic E-state index is 12.5. The molecule has 3 rings (SSSR count). The molecule has 0 aromatic heterocycles. The first-order chi connectivity index (χ1) is 16.0. The Labute approximate surface area is 196 Å². The smallest absolute Gasteiger partial charge is 0.266 e. The fourth-order valence-electron chi connectivity index (χ4n) is 2.88. The highest BCUT2D eigenvalue weighted by molar-refractivity contribution is 6.31. The summed E-state index contributed by atoms with van der Waals surface area (Å²) in [5.74, 6) is -0.115. The van der Waals surface area contributed by atoms with Crippen molar-refractivity contribution in [2.45, 2.75) is 0 Å². The van der Waals surface area contributed by atoms with E-state index in [0.717, 1.165) is 0 Å². The van der Waals surface area contributed by atoms with Crippen LogP contribution in [-0.2, 0) is 9.59 Å². The number of amides is 2. The van der Waals surface area contributed by atoms with E-state index in [9.17, 15) is 14.9 Å². The Morgan fingerprint density at radius 1 is 1.00 bits per heavy atom. The summed E-state index contributed by atoms with van der Waals surface area (Å²) >= 11 is 5.93. The van der Waals surface area contributed by atoms with Crippen LogP contribution >= 0.6 is 11.6 Å². The van der Waals surface area contributed by atoms with Crippen molar-refractivity contribution >= 4 is 40.9 Å². The quantitative estimate of drug-likeness (QED) is 0.366. The Morgan fingerprint density at radius 2 is 1.73 bits per heavy atom. The van der Waals surface area contributed by atoms with Crippen LogP contribution in [0.15, 0.2) is 78.4 Å². The number of rotatable bonds is 8. The molecule has 7 nitrogen and oxygen atoms in total. The van der Waals surface area contributed by atoms with Gasteiger partial charge in [-0.2, -0.15) is 5.26 Å². The third kappa shape index (κ3) is 6.60. The Bertz CT molecular complexity index is 1230. The first kappa shape index (κ1) is 23.4. The maximum atomic E-state index is 12.5. The number of ether oxygens (including phenoxy) is 2. The van der Waals surface area contributed by atoms with Gasteiger partial charge in [0.15, 0.2) is 6.61 Å². The molecule has 0 unspecified atom stereocenters. The van der Waals surface area contributed by atoms with Gasteiger partial charge in [0.2, 0.25) is 0 Å². The molecule has 3 aromatic rings. The molecule has 0 aliphatic heterocycles. The lowest BCUT2D eigenvalue weighted by atomic mass is 10.1. The second kappa shape index (κ2) is 11.4. The molecular weight excluding hydrogens is 442 g/mol. The number of nitrogens with one attached hydrogen (secondary N) is 2. The molecule has 0 spiro atoms. The van der Waals surface area contributed by atoms with E-state index < -0.39 is 11.8 Å². The predicted octanol–water partition coefficient (Wildman–Crippen LogP) is 4.91. The lowest BCUT2D eigenvalue weighted by molar-refractivity contribution is -0.118. The summed E-state index contributed by atoms with van der Waals surface area (Å²) in [6, 6.07) is 22.3. The molecule has 0 bridgehead atoms. The summed E-state index contributed by atoms with van der Waals surface area (Å²) < 4.78 is 10.9.